The van der Waals surface area contributed by atoms with Gasteiger partial charge in [0.15, 0.2) is 0 Å². The van der Waals surface area contributed by atoms with Crippen LogP contribution in [0.2, 0.25) is 0 Å². The van der Waals surface area contributed by atoms with E-state index in [0.29, 0.717) is 19.4 Å². The van der Waals surface area contributed by atoms with E-state index in [1.165, 1.54) is 23.1 Å². The number of hydrogen-bond acceptors (Lipinski definition) is 4. The monoisotopic (exact) mass is 384 g/mol. The van der Waals surface area contributed by atoms with Crippen molar-refractivity contribution in [3.8, 4) is 5.75 Å². The number of nitrogens with one attached hydrogen (secondary N) is 1. The molecular weight excluding hydrogens is 362 g/mol. The fourth-order valence-corrected chi connectivity index (χ4v) is 3.06. The molecule has 9 heteroatoms. The van der Waals surface area contributed by atoms with Crippen molar-refractivity contribution in [2.75, 3.05) is 13.1 Å². The smallest absolute Gasteiger partial charge is 0.387 e. The van der Waals surface area contributed by atoms with Crippen LogP contribution in [0.25, 0.3) is 0 Å². The lowest BCUT2D eigenvalue weighted by molar-refractivity contribution is -0.137. The highest BCUT2D eigenvalue weighted by atomic mass is 19.3. The lowest BCUT2D eigenvalue weighted by Gasteiger charge is -2.33. The summed E-state index contributed by atoms with van der Waals surface area (Å²) in [7, 11) is 0. The third kappa shape index (κ3) is 5.90. The van der Waals surface area contributed by atoms with Gasteiger partial charge >= 0.3 is 12.6 Å². The second kappa shape index (κ2) is 9.29. The number of carboxylic acid groups (broad SMARTS) is 1. The molecule has 0 aromatic heterocycles. The van der Waals surface area contributed by atoms with Crippen LogP contribution >= 0.6 is 0 Å². The van der Waals surface area contributed by atoms with Crippen molar-refractivity contribution in [2.24, 2.45) is 5.92 Å². The predicted molar refractivity (Wildman–Crippen MR) is 91.6 cm³/mol. The Morgan fingerprint density at radius 3 is 2.70 bits per heavy atom. The van der Waals surface area contributed by atoms with Crippen LogP contribution in [0.1, 0.15) is 36.5 Å². The minimum Gasteiger partial charge on any atom is -0.481 e. The van der Waals surface area contributed by atoms with Gasteiger partial charge in [-0.1, -0.05) is 12.1 Å². The Bertz CT molecular complexity index is 698. The Balaban J connectivity index is 2.04. The van der Waals surface area contributed by atoms with Gasteiger partial charge in [0.2, 0.25) is 5.91 Å². The third-order valence-corrected chi connectivity index (χ3v) is 4.28. The number of amides is 2. The first-order chi connectivity index (χ1) is 12.8. The Morgan fingerprint density at radius 1 is 1.33 bits per heavy atom. The molecule has 2 N–H and O–H groups in total. The van der Waals surface area contributed by atoms with Crippen LogP contribution < -0.4 is 10.1 Å². The third-order valence-electron chi connectivity index (χ3n) is 4.28. The van der Waals surface area contributed by atoms with Crippen molar-refractivity contribution in [3.05, 3.63) is 29.8 Å². The van der Waals surface area contributed by atoms with Gasteiger partial charge in [-0.25, -0.2) is 0 Å². The van der Waals surface area contributed by atoms with E-state index >= 15 is 0 Å². The highest BCUT2D eigenvalue weighted by Gasteiger charge is 2.31. The molecule has 148 valence electrons. The number of carboxylic acids is 1. The molecule has 2 amide bonds. The normalized spacial score (nSPS) is 18.1. The molecule has 0 radical (unpaired) electrons. The van der Waals surface area contributed by atoms with E-state index in [4.69, 9.17) is 5.11 Å². The van der Waals surface area contributed by atoms with E-state index in [1.807, 2.05) is 0 Å². The van der Waals surface area contributed by atoms with Crippen molar-refractivity contribution in [1.82, 2.24) is 10.2 Å². The van der Waals surface area contributed by atoms with E-state index in [9.17, 15) is 23.2 Å². The molecule has 0 bridgehead atoms. The number of piperidine rings is 1. The standard InChI is InChI=1S/C18H22F2N2O5/c1-11(9-15(23)24)21-16(25)12-5-4-8-22(10-12)17(26)13-6-2-3-7-14(13)27-18(19)20/h2-3,6-7,11-12,18H,4-5,8-10H2,1H3,(H,21,25)(H,23,24). The van der Waals surface area contributed by atoms with Crippen molar-refractivity contribution in [2.45, 2.75) is 38.8 Å². The van der Waals surface area contributed by atoms with Crippen LogP contribution in [-0.2, 0) is 9.59 Å². The summed E-state index contributed by atoms with van der Waals surface area (Å²) in [6.07, 6.45) is 0.943. The molecule has 1 aromatic rings. The van der Waals surface area contributed by atoms with Gasteiger partial charge in [0, 0.05) is 19.1 Å². The lowest BCUT2D eigenvalue weighted by atomic mass is 9.96. The van der Waals surface area contributed by atoms with Crippen molar-refractivity contribution >= 4 is 17.8 Å². The van der Waals surface area contributed by atoms with E-state index in [0.717, 1.165) is 0 Å². The van der Waals surface area contributed by atoms with Crippen LogP contribution in [0.3, 0.4) is 0 Å². The van der Waals surface area contributed by atoms with Crippen LogP contribution in [0.5, 0.6) is 5.75 Å². The van der Waals surface area contributed by atoms with Gasteiger partial charge in [-0.2, -0.15) is 8.78 Å². The average Bonchev–Trinajstić information content (AvgIpc) is 2.60. The SMILES string of the molecule is CC(CC(=O)O)NC(=O)C1CCCN(C(=O)c2ccccc2OC(F)F)C1. The maximum absolute atomic E-state index is 12.7. The number of ether oxygens (including phenoxy) is 1. The number of rotatable bonds is 7. The van der Waals surface area contributed by atoms with Crippen LogP contribution in [0.4, 0.5) is 8.78 Å². The molecule has 0 saturated carbocycles. The van der Waals surface area contributed by atoms with Gasteiger partial charge in [0.25, 0.3) is 5.91 Å². The van der Waals surface area contributed by atoms with Crippen LogP contribution in [0, 0.1) is 5.92 Å². The summed E-state index contributed by atoms with van der Waals surface area (Å²) in [4.78, 5) is 37.2. The number of alkyl halides is 2. The number of benzene rings is 1. The number of carbonyl (C=O) groups excluding carboxylic acids is 2. The number of para-hydroxylation sites is 1. The Morgan fingerprint density at radius 2 is 2.04 bits per heavy atom. The summed E-state index contributed by atoms with van der Waals surface area (Å²) in [5.74, 6) is -2.51. The molecule has 2 unspecified atom stereocenters. The number of aliphatic carboxylic acids is 1. The Kier molecular flexibility index (Phi) is 7.09. The summed E-state index contributed by atoms with van der Waals surface area (Å²) in [6, 6.07) is 5.21. The molecular formula is C18H22F2N2O5. The molecule has 2 rings (SSSR count). The molecule has 1 fully saturated rings. The minimum atomic E-state index is -3.05. The van der Waals surface area contributed by atoms with Crippen molar-refractivity contribution in [1.29, 1.82) is 0 Å². The zero-order valence-corrected chi connectivity index (χ0v) is 14.9. The van der Waals surface area contributed by atoms with Crippen LogP contribution in [0.15, 0.2) is 24.3 Å². The van der Waals surface area contributed by atoms with E-state index in [-0.39, 0.29) is 30.2 Å². The minimum absolute atomic E-state index is 0.0121. The van der Waals surface area contributed by atoms with E-state index in [2.05, 4.69) is 10.1 Å². The van der Waals surface area contributed by atoms with Gasteiger partial charge in [0.05, 0.1) is 17.9 Å². The molecule has 1 saturated heterocycles. The Labute approximate surface area is 155 Å². The van der Waals surface area contributed by atoms with Gasteiger partial charge < -0.3 is 20.1 Å². The number of halogens is 2. The van der Waals surface area contributed by atoms with Gasteiger partial charge in [-0.05, 0) is 31.9 Å². The molecule has 27 heavy (non-hydrogen) atoms. The van der Waals surface area contributed by atoms with Crippen molar-refractivity contribution < 1.29 is 33.0 Å². The summed E-state index contributed by atoms with van der Waals surface area (Å²) >= 11 is 0. The summed E-state index contributed by atoms with van der Waals surface area (Å²) in [5, 5.41) is 11.4. The topological polar surface area (TPSA) is 95.9 Å². The highest BCUT2D eigenvalue weighted by Crippen LogP contribution is 2.25. The predicted octanol–water partition coefficient (Wildman–Crippen LogP) is 2.12. The average molecular weight is 384 g/mol. The van der Waals surface area contributed by atoms with E-state index < -0.39 is 30.4 Å². The molecule has 0 spiro atoms. The highest BCUT2D eigenvalue weighted by molar-refractivity contribution is 5.97. The number of nitrogens with zero attached hydrogens (tertiary/aromatic N) is 1. The molecule has 1 aliphatic rings. The van der Waals surface area contributed by atoms with Gasteiger partial charge in [0.1, 0.15) is 5.75 Å². The lowest BCUT2D eigenvalue weighted by Crippen LogP contribution is -2.47. The van der Waals surface area contributed by atoms with Crippen LogP contribution in [-0.4, -0.2) is 53.5 Å². The number of likely N-dealkylation sites (tertiary alicyclic amines) is 1. The molecule has 7 nitrogen and oxygen atoms in total. The first-order valence-electron chi connectivity index (χ1n) is 8.63. The molecule has 1 heterocycles. The fraction of sp³-hybridized carbons (Fsp3) is 0.500. The molecule has 1 aromatic carbocycles. The second-order valence-electron chi connectivity index (χ2n) is 6.47. The first kappa shape index (κ1) is 20.6. The molecule has 2 atom stereocenters. The van der Waals surface area contributed by atoms with Crippen molar-refractivity contribution in [3.63, 3.8) is 0 Å². The molecule has 0 aliphatic carbocycles. The number of hydrogen-bond donors (Lipinski definition) is 2. The zero-order chi connectivity index (χ0) is 20.0. The Hall–Kier alpha value is -2.71. The second-order valence-corrected chi connectivity index (χ2v) is 6.47. The fourth-order valence-electron chi connectivity index (χ4n) is 3.06. The van der Waals surface area contributed by atoms with E-state index in [1.54, 1.807) is 13.0 Å². The maximum atomic E-state index is 12.7. The van der Waals surface area contributed by atoms with Gasteiger partial charge in [-0.3, -0.25) is 14.4 Å². The first-order valence-corrected chi connectivity index (χ1v) is 8.63. The quantitative estimate of drug-likeness (QED) is 0.751. The largest absolute Gasteiger partial charge is 0.481 e. The summed E-state index contributed by atoms with van der Waals surface area (Å²) in [5.41, 5.74) is 0.0121. The maximum Gasteiger partial charge on any atom is 0.387 e. The van der Waals surface area contributed by atoms with Gasteiger partial charge in [-0.15, -0.1) is 0 Å². The summed E-state index contributed by atoms with van der Waals surface area (Å²) < 4.78 is 29.5. The number of carbonyl (C=O) groups is 3. The zero-order valence-electron chi connectivity index (χ0n) is 14.9. The summed E-state index contributed by atoms with van der Waals surface area (Å²) in [6.45, 7) is -0.922. The molecule has 1 aliphatic heterocycles.